The van der Waals surface area contributed by atoms with Crippen LogP contribution in [0, 0.1) is 0 Å². The molecule has 0 rings (SSSR count). The number of hydrogen-bond donors (Lipinski definition) is 3. The van der Waals surface area contributed by atoms with Crippen LogP contribution in [0.5, 0.6) is 0 Å². The first-order valence-electron chi connectivity index (χ1n) is 1.12. The third-order valence-corrected chi connectivity index (χ3v) is 0.490. The topological polar surface area (TPSA) is 29.3 Å². The fraction of sp³-hybridized carbons (Fsp3) is 1.00. The molecule has 0 amide bonds. The van der Waals surface area contributed by atoms with E-state index < -0.39 is 0 Å². The molecule has 0 aliphatic rings. The van der Waals surface area contributed by atoms with Gasteiger partial charge in [0.1, 0.15) is 0 Å². The summed E-state index contributed by atoms with van der Waals surface area (Å²) in [5.74, 6) is 0. The van der Waals surface area contributed by atoms with Crippen molar-refractivity contribution in [2.75, 3.05) is 6.67 Å². The maximum atomic E-state index is 4.94. The summed E-state index contributed by atoms with van der Waals surface area (Å²) < 4.78 is 1.29. The molecule has 5 heavy (non-hydrogen) atoms. The second-order valence-electron chi connectivity index (χ2n) is 0.555. The van der Waals surface area contributed by atoms with Crippen LogP contribution in [0.3, 0.4) is 0 Å². The van der Waals surface area contributed by atoms with Gasteiger partial charge in [-0.1, -0.05) is 25.6 Å². The molecule has 0 aromatic carbocycles. The zero-order chi connectivity index (χ0) is 4.28. The highest BCUT2D eigenvalue weighted by Gasteiger charge is 1.75. The predicted octanol–water partition coefficient (Wildman–Crippen LogP) is -0.106. The molecule has 0 heterocycles. The van der Waals surface area contributed by atoms with E-state index in [0.29, 0.717) is 6.67 Å². The van der Waals surface area contributed by atoms with Gasteiger partial charge < -0.3 is 5.73 Å². The minimum absolute atomic E-state index is 0.367. The van der Waals surface area contributed by atoms with Gasteiger partial charge in [-0.3, -0.25) is 0 Å². The second-order valence-corrected chi connectivity index (χ2v) is 1.84. The monoisotopic (exact) mass is 110 g/mol. The van der Waals surface area contributed by atoms with Crippen LogP contribution in [-0.2, 0) is 0 Å². The summed E-state index contributed by atoms with van der Waals surface area (Å²) in [7, 11) is 0. The molecule has 0 aromatic rings. The molecule has 0 saturated heterocycles. The fourth-order valence-corrected chi connectivity index (χ4v) is 0. The lowest BCUT2D eigenvalue weighted by Gasteiger charge is -1.96. The highest BCUT2D eigenvalue weighted by molar-refractivity contribution is 7.93. The Kier molecular flexibility index (Phi) is 3.19. The first kappa shape index (κ1) is 5.62. The van der Waals surface area contributed by atoms with E-state index in [1.54, 1.807) is 0 Å². The summed E-state index contributed by atoms with van der Waals surface area (Å²) in [6.07, 6.45) is 0. The molecule has 0 aliphatic heterocycles. The second kappa shape index (κ2) is 2.84. The van der Waals surface area contributed by atoms with Crippen LogP contribution in [-0.4, -0.2) is 10.4 Å². The van der Waals surface area contributed by atoms with Crippen molar-refractivity contribution in [2.24, 2.45) is 5.73 Å². The van der Waals surface area contributed by atoms with Gasteiger partial charge in [0.15, 0.2) is 0 Å². The Hall–Kier alpha value is 0.620. The van der Waals surface area contributed by atoms with Crippen LogP contribution in [0.25, 0.3) is 0 Å². The Morgan fingerprint density at radius 2 is 1.80 bits per heavy atom. The van der Waals surface area contributed by atoms with E-state index in [1.807, 2.05) is 0 Å². The van der Waals surface area contributed by atoms with Crippen molar-refractivity contribution in [2.45, 2.75) is 0 Å². The van der Waals surface area contributed by atoms with E-state index in [-0.39, 0.29) is 0 Å². The largest absolute Gasteiger partial charge is 0.317 e. The molecular weight excluding hydrogens is 104 g/mol. The van der Waals surface area contributed by atoms with Crippen molar-refractivity contribution in [3.63, 3.8) is 0 Å². The number of nitrogens with zero attached hydrogens (tertiary/aromatic N) is 1. The normalized spacial score (nSPS) is 9.60. The minimum Gasteiger partial charge on any atom is -0.317 e. The molecule has 0 bridgehead atoms. The summed E-state index contributed by atoms with van der Waals surface area (Å²) >= 11 is 7.34. The van der Waals surface area contributed by atoms with Crippen molar-refractivity contribution in [1.82, 2.24) is 3.71 Å². The maximum absolute atomic E-state index is 4.94. The summed E-state index contributed by atoms with van der Waals surface area (Å²) in [6, 6.07) is 0. The lowest BCUT2D eigenvalue weighted by molar-refractivity contribution is 0.778. The van der Waals surface area contributed by atoms with Crippen LogP contribution >= 0.6 is 25.6 Å². The molecule has 0 saturated carbocycles. The van der Waals surface area contributed by atoms with Gasteiger partial charge in [0.05, 0.1) is 6.67 Å². The van der Waals surface area contributed by atoms with E-state index in [2.05, 4.69) is 25.6 Å². The van der Waals surface area contributed by atoms with Crippen molar-refractivity contribution in [3.05, 3.63) is 0 Å². The van der Waals surface area contributed by atoms with Crippen LogP contribution in [0.4, 0.5) is 0 Å². The fourth-order valence-electron chi connectivity index (χ4n) is 0. The Labute approximate surface area is 42.4 Å². The van der Waals surface area contributed by atoms with Gasteiger partial charge in [-0.25, -0.2) is 0 Å². The predicted molar refractivity (Wildman–Crippen MR) is 28.9 cm³/mol. The van der Waals surface area contributed by atoms with Gasteiger partial charge in [0.2, 0.25) is 0 Å². The van der Waals surface area contributed by atoms with Gasteiger partial charge in [-0.2, -0.15) is 3.71 Å². The molecule has 0 radical (unpaired) electrons. The number of hydrogen-bond acceptors (Lipinski definition) is 4. The molecule has 0 unspecified atom stereocenters. The van der Waals surface area contributed by atoms with Gasteiger partial charge in [0.25, 0.3) is 0 Å². The quantitative estimate of drug-likeness (QED) is 0.325. The zero-order valence-electron chi connectivity index (χ0n) is 2.63. The highest BCUT2D eigenvalue weighted by Crippen LogP contribution is 1.88. The zero-order valence-corrected chi connectivity index (χ0v) is 4.41. The molecule has 0 aromatic heterocycles. The lowest BCUT2D eigenvalue weighted by atomic mass is 11.3. The van der Waals surface area contributed by atoms with Crippen molar-refractivity contribution >= 4 is 25.6 Å². The van der Waals surface area contributed by atoms with Crippen molar-refractivity contribution in [1.29, 1.82) is 0 Å². The van der Waals surface area contributed by atoms with Gasteiger partial charge in [0, 0.05) is 0 Å². The third-order valence-electron chi connectivity index (χ3n) is 0.163. The summed E-state index contributed by atoms with van der Waals surface area (Å²) in [4.78, 5) is 0. The third kappa shape index (κ3) is 4.62. The molecule has 4 heteroatoms. The SMILES string of the molecule is NCN(S)S. The minimum atomic E-state index is 0.367. The Bertz CT molecular complexity index is 21.6. The van der Waals surface area contributed by atoms with Gasteiger partial charge in [-0.05, 0) is 0 Å². The summed E-state index contributed by atoms with van der Waals surface area (Å²) in [5.41, 5.74) is 4.94. The van der Waals surface area contributed by atoms with E-state index in [4.69, 9.17) is 5.73 Å². The highest BCUT2D eigenvalue weighted by atomic mass is 32.2. The van der Waals surface area contributed by atoms with E-state index >= 15 is 0 Å². The van der Waals surface area contributed by atoms with Crippen molar-refractivity contribution in [3.8, 4) is 0 Å². The smallest absolute Gasteiger partial charge is 0.0663 e. The molecule has 0 atom stereocenters. The van der Waals surface area contributed by atoms with Gasteiger partial charge >= 0.3 is 0 Å². The van der Waals surface area contributed by atoms with Crippen LogP contribution in [0.2, 0.25) is 0 Å². The van der Waals surface area contributed by atoms with Crippen molar-refractivity contribution < 1.29 is 0 Å². The molecule has 2 nitrogen and oxygen atoms in total. The van der Waals surface area contributed by atoms with Crippen LogP contribution < -0.4 is 5.73 Å². The standard InChI is InChI=1S/CH6N2S2/c2-1-3(4)5/h4-5H,1-2H2. The average molecular weight is 110 g/mol. The van der Waals surface area contributed by atoms with E-state index in [1.165, 1.54) is 3.71 Å². The molecule has 2 N–H and O–H groups in total. The number of nitrogens with two attached hydrogens (primary N) is 1. The lowest BCUT2D eigenvalue weighted by Crippen LogP contribution is -2.09. The Morgan fingerprint density at radius 1 is 1.60 bits per heavy atom. The Balaban J connectivity index is 2.54. The van der Waals surface area contributed by atoms with E-state index in [9.17, 15) is 0 Å². The molecule has 32 valence electrons. The maximum Gasteiger partial charge on any atom is 0.0663 e. The van der Waals surface area contributed by atoms with E-state index in [0.717, 1.165) is 0 Å². The number of thiol groups is 2. The molecule has 0 fully saturated rings. The van der Waals surface area contributed by atoms with Crippen LogP contribution in [0.1, 0.15) is 0 Å². The first-order valence-corrected chi connectivity index (χ1v) is 1.92. The van der Waals surface area contributed by atoms with Crippen LogP contribution in [0.15, 0.2) is 0 Å². The Morgan fingerprint density at radius 3 is 1.80 bits per heavy atom. The summed E-state index contributed by atoms with van der Waals surface area (Å²) in [6.45, 7) is 0.367. The van der Waals surface area contributed by atoms with Gasteiger partial charge in [-0.15, -0.1) is 0 Å². The summed E-state index contributed by atoms with van der Waals surface area (Å²) in [5, 5.41) is 0. The molecule has 0 spiro atoms. The first-order chi connectivity index (χ1) is 2.27. The molecular formula is CH6N2S2. The number of rotatable bonds is 1. The molecule has 0 aliphatic carbocycles. The average Bonchev–Trinajstić information content (AvgIpc) is 1.38.